The Bertz CT molecular complexity index is 780. The third-order valence-electron chi connectivity index (χ3n) is 3.23. The molecule has 0 spiro atoms. The van der Waals surface area contributed by atoms with E-state index in [9.17, 15) is 22.8 Å². The lowest BCUT2D eigenvalue weighted by Gasteiger charge is -2.25. The molecule has 0 aliphatic rings. The largest absolute Gasteiger partial charge is 0.481 e. The Balaban J connectivity index is 2.46. The Kier molecular flexibility index (Phi) is 5.28. The van der Waals surface area contributed by atoms with E-state index in [0.29, 0.717) is 20.8 Å². The second-order valence-corrected chi connectivity index (χ2v) is 5.38. The van der Waals surface area contributed by atoms with Crippen LogP contribution in [0.3, 0.4) is 0 Å². The number of carbonyl (C=O) groups is 2. The quantitative estimate of drug-likeness (QED) is 0.883. The molecule has 0 saturated heterocycles. The number of benzene rings is 1. The minimum atomic E-state index is -5.08. The molecule has 1 amide bonds. The summed E-state index contributed by atoms with van der Waals surface area (Å²) in [5.74, 6) is -3.21. The van der Waals surface area contributed by atoms with Crippen molar-refractivity contribution >= 4 is 40.1 Å². The second kappa shape index (κ2) is 7.04. The minimum absolute atomic E-state index is 0.00406. The van der Waals surface area contributed by atoms with Gasteiger partial charge in [-0.15, -0.1) is 0 Å². The summed E-state index contributed by atoms with van der Waals surface area (Å²) in [6.45, 7) is -0.383. The molecule has 0 aliphatic carbocycles. The maximum Gasteiger partial charge on any atom is 0.471 e. The summed E-state index contributed by atoms with van der Waals surface area (Å²) in [6, 6.07) is 5.69. The van der Waals surface area contributed by atoms with Gasteiger partial charge in [0.05, 0.1) is 11.2 Å². The van der Waals surface area contributed by atoms with Crippen LogP contribution >= 0.6 is 11.6 Å². The van der Waals surface area contributed by atoms with Crippen LogP contribution in [0.15, 0.2) is 30.5 Å². The number of amides is 1. The fourth-order valence-electron chi connectivity index (χ4n) is 2.21. The van der Waals surface area contributed by atoms with Crippen molar-refractivity contribution in [3.05, 3.63) is 35.5 Å². The van der Waals surface area contributed by atoms with Gasteiger partial charge < -0.3 is 10.0 Å². The van der Waals surface area contributed by atoms with Crippen LogP contribution in [0.2, 0.25) is 5.02 Å². The van der Waals surface area contributed by atoms with Crippen LogP contribution in [-0.4, -0.2) is 34.7 Å². The van der Waals surface area contributed by atoms with Crippen molar-refractivity contribution in [1.82, 2.24) is 4.98 Å². The Morgan fingerprint density at radius 2 is 1.96 bits per heavy atom. The van der Waals surface area contributed by atoms with Crippen molar-refractivity contribution in [3.8, 4) is 0 Å². The van der Waals surface area contributed by atoms with E-state index < -0.39 is 18.1 Å². The molecular weight excluding hydrogens is 349 g/mol. The monoisotopic (exact) mass is 360 g/mol. The minimum Gasteiger partial charge on any atom is -0.481 e. The molecule has 9 heteroatoms. The summed E-state index contributed by atoms with van der Waals surface area (Å²) >= 11 is 5.84. The third kappa shape index (κ3) is 4.14. The number of aromatic nitrogens is 1. The Labute approximate surface area is 139 Å². The van der Waals surface area contributed by atoms with E-state index in [1.165, 1.54) is 30.5 Å². The van der Waals surface area contributed by atoms with Gasteiger partial charge in [-0.05, 0) is 30.7 Å². The maximum absolute atomic E-state index is 12.9. The number of rotatable bonds is 5. The first-order valence-electron chi connectivity index (χ1n) is 6.85. The zero-order valence-electron chi connectivity index (χ0n) is 12.2. The van der Waals surface area contributed by atoms with Gasteiger partial charge in [-0.2, -0.15) is 13.2 Å². The number of halogens is 4. The summed E-state index contributed by atoms with van der Waals surface area (Å²) in [6.07, 6.45) is -4.28. The van der Waals surface area contributed by atoms with Crippen molar-refractivity contribution in [1.29, 1.82) is 0 Å². The number of anilines is 1. The first-order valence-corrected chi connectivity index (χ1v) is 7.22. The SMILES string of the molecule is O=C(O)CCCN(C(=O)C(F)(F)F)c1ccnc2cc(Cl)ccc12. The highest BCUT2D eigenvalue weighted by atomic mass is 35.5. The standard InChI is InChI=1S/C15H12ClF3N2O3/c16-9-3-4-10-11(8-9)20-6-5-12(10)21(7-1-2-13(22)23)14(24)15(17,18)19/h3-6,8H,1-2,7H2,(H,22,23). The second-order valence-electron chi connectivity index (χ2n) is 4.94. The van der Waals surface area contributed by atoms with Crippen molar-refractivity contribution < 1.29 is 27.9 Å². The van der Waals surface area contributed by atoms with Crippen molar-refractivity contribution in [2.45, 2.75) is 19.0 Å². The van der Waals surface area contributed by atoms with Crippen LogP contribution in [0.1, 0.15) is 12.8 Å². The predicted octanol–water partition coefficient (Wildman–Crippen LogP) is 3.65. The van der Waals surface area contributed by atoms with Gasteiger partial charge in [-0.25, -0.2) is 0 Å². The summed E-state index contributed by atoms with van der Waals surface area (Å²) in [5.41, 5.74) is 0.336. The van der Waals surface area contributed by atoms with Gasteiger partial charge >= 0.3 is 18.1 Å². The molecule has 24 heavy (non-hydrogen) atoms. The van der Waals surface area contributed by atoms with Crippen LogP contribution in [-0.2, 0) is 9.59 Å². The van der Waals surface area contributed by atoms with E-state index in [0.717, 1.165) is 0 Å². The number of fused-ring (bicyclic) bond motifs is 1. The molecule has 128 valence electrons. The van der Waals surface area contributed by atoms with E-state index in [4.69, 9.17) is 16.7 Å². The molecular formula is C15H12ClF3N2O3. The molecule has 1 N–H and O–H groups in total. The van der Waals surface area contributed by atoms with Gasteiger partial charge in [-0.3, -0.25) is 14.6 Å². The molecule has 0 aliphatic heterocycles. The number of carboxylic acids is 1. The van der Waals surface area contributed by atoms with Crippen LogP contribution in [0.25, 0.3) is 10.9 Å². The summed E-state index contributed by atoms with van der Waals surface area (Å²) in [5, 5.41) is 9.32. The summed E-state index contributed by atoms with van der Waals surface area (Å²) in [7, 11) is 0. The Morgan fingerprint density at radius 3 is 2.58 bits per heavy atom. The Hall–Kier alpha value is -2.35. The topological polar surface area (TPSA) is 70.5 Å². The normalized spacial score (nSPS) is 11.5. The molecule has 2 rings (SSSR count). The lowest BCUT2D eigenvalue weighted by atomic mass is 10.1. The molecule has 1 aromatic heterocycles. The molecule has 0 unspecified atom stereocenters. The van der Waals surface area contributed by atoms with Crippen molar-refractivity contribution in [2.75, 3.05) is 11.4 Å². The highest BCUT2D eigenvalue weighted by Gasteiger charge is 2.43. The molecule has 0 atom stereocenters. The Morgan fingerprint density at radius 1 is 1.25 bits per heavy atom. The summed E-state index contributed by atoms with van der Waals surface area (Å²) in [4.78, 5) is 26.9. The number of nitrogens with zero attached hydrogens (tertiary/aromatic N) is 2. The van der Waals surface area contributed by atoms with Crippen LogP contribution in [0, 0.1) is 0 Å². The van der Waals surface area contributed by atoms with E-state index in [-0.39, 0.29) is 25.1 Å². The first-order chi connectivity index (χ1) is 11.2. The van der Waals surface area contributed by atoms with E-state index in [1.54, 1.807) is 0 Å². The number of carboxylic acid groups (broad SMARTS) is 1. The molecule has 0 radical (unpaired) electrons. The van der Waals surface area contributed by atoms with Gasteiger partial charge in [0, 0.05) is 29.6 Å². The van der Waals surface area contributed by atoms with Gasteiger partial charge in [0.2, 0.25) is 0 Å². The average molecular weight is 361 g/mol. The van der Waals surface area contributed by atoms with Gasteiger partial charge in [0.1, 0.15) is 0 Å². The molecule has 1 heterocycles. The number of hydrogen-bond acceptors (Lipinski definition) is 3. The maximum atomic E-state index is 12.9. The van der Waals surface area contributed by atoms with Gasteiger partial charge in [0.15, 0.2) is 0 Å². The van der Waals surface area contributed by atoms with Crippen LogP contribution in [0.5, 0.6) is 0 Å². The zero-order chi connectivity index (χ0) is 17.9. The number of pyridine rings is 1. The lowest BCUT2D eigenvalue weighted by molar-refractivity contribution is -0.170. The fourth-order valence-corrected chi connectivity index (χ4v) is 2.38. The zero-order valence-corrected chi connectivity index (χ0v) is 12.9. The number of aliphatic carboxylic acids is 1. The molecule has 2 aromatic rings. The average Bonchev–Trinajstić information content (AvgIpc) is 2.49. The molecule has 5 nitrogen and oxygen atoms in total. The molecule has 0 fully saturated rings. The first kappa shape index (κ1) is 18.0. The smallest absolute Gasteiger partial charge is 0.471 e. The molecule has 0 bridgehead atoms. The number of alkyl halides is 3. The number of hydrogen-bond donors (Lipinski definition) is 1. The van der Waals surface area contributed by atoms with E-state index >= 15 is 0 Å². The fraction of sp³-hybridized carbons (Fsp3) is 0.267. The van der Waals surface area contributed by atoms with Crippen molar-refractivity contribution in [2.24, 2.45) is 0 Å². The van der Waals surface area contributed by atoms with Gasteiger partial charge in [-0.1, -0.05) is 11.6 Å². The van der Waals surface area contributed by atoms with Crippen molar-refractivity contribution in [3.63, 3.8) is 0 Å². The number of carbonyl (C=O) groups excluding carboxylic acids is 1. The van der Waals surface area contributed by atoms with E-state index in [2.05, 4.69) is 4.98 Å². The van der Waals surface area contributed by atoms with Gasteiger partial charge in [0.25, 0.3) is 0 Å². The summed E-state index contributed by atoms with van der Waals surface area (Å²) < 4.78 is 38.7. The third-order valence-corrected chi connectivity index (χ3v) is 3.47. The predicted molar refractivity (Wildman–Crippen MR) is 82.0 cm³/mol. The van der Waals surface area contributed by atoms with Crippen LogP contribution < -0.4 is 4.90 Å². The molecule has 1 aromatic carbocycles. The highest BCUT2D eigenvalue weighted by Crippen LogP contribution is 2.31. The van der Waals surface area contributed by atoms with Crippen LogP contribution in [0.4, 0.5) is 18.9 Å². The van der Waals surface area contributed by atoms with E-state index in [1.807, 2.05) is 0 Å². The molecule has 0 saturated carbocycles. The lowest BCUT2D eigenvalue weighted by Crippen LogP contribution is -2.42. The highest BCUT2D eigenvalue weighted by molar-refractivity contribution is 6.31.